The maximum Gasteiger partial charge on any atom is 0.434 e. The molecule has 1 aliphatic rings. The third kappa shape index (κ3) is 3.95. The molecule has 0 radical (unpaired) electrons. The van der Waals surface area contributed by atoms with Crippen molar-refractivity contribution in [2.75, 3.05) is 13.1 Å². The van der Waals surface area contributed by atoms with Crippen molar-refractivity contribution in [3.8, 4) is 5.75 Å². The van der Waals surface area contributed by atoms with E-state index in [2.05, 4.69) is 14.9 Å². The van der Waals surface area contributed by atoms with E-state index in [-0.39, 0.29) is 11.7 Å². The van der Waals surface area contributed by atoms with Gasteiger partial charge in [0.15, 0.2) is 5.69 Å². The van der Waals surface area contributed by atoms with E-state index in [0.717, 1.165) is 31.3 Å². The van der Waals surface area contributed by atoms with Gasteiger partial charge in [-0.3, -0.25) is 9.88 Å². The summed E-state index contributed by atoms with van der Waals surface area (Å²) in [5.74, 6) is 0.532. The summed E-state index contributed by atoms with van der Waals surface area (Å²) >= 11 is 0. The van der Waals surface area contributed by atoms with Crippen LogP contribution in [0.4, 0.5) is 13.2 Å². The molecule has 0 aromatic carbocycles. The van der Waals surface area contributed by atoms with E-state index in [1.165, 1.54) is 4.57 Å². The molecule has 0 amide bonds. The molecule has 5 nitrogen and oxygen atoms in total. The van der Waals surface area contributed by atoms with E-state index in [1.54, 1.807) is 19.2 Å². The highest BCUT2D eigenvalue weighted by molar-refractivity contribution is 5.27. The Hall–Kier alpha value is -2.09. The number of aryl methyl sites for hydroxylation is 2. The molecule has 2 aromatic rings. The van der Waals surface area contributed by atoms with Gasteiger partial charge in [-0.15, -0.1) is 0 Å². The Kier molecular flexibility index (Phi) is 4.73. The fourth-order valence-electron chi connectivity index (χ4n) is 3.34. The lowest BCUT2D eigenvalue weighted by Gasteiger charge is -2.32. The van der Waals surface area contributed by atoms with Crippen LogP contribution in [0.1, 0.15) is 41.7 Å². The molecule has 8 heteroatoms. The van der Waals surface area contributed by atoms with Crippen LogP contribution < -0.4 is 0 Å². The van der Waals surface area contributed by atoms with Crippen LogP contribution in [0.15, 0.2) is 18.3 Å². The van der Waals surface area contributed by atoms with Gasteiger partial charge in [0.05, 0.1) is 5.69 Å². The van der Waals surface area contributed by atoms with Crippen molar-refractivity contribution >= 4 is 0 Å². The second-order valence-corrected chi connectivity index (χ2v) is 6.59. The molecule has 3 rings (SSSR count). The Labute approximate surface area is 144 Å². The third-order valence-electron chi connectivity index (χ3n) is 4.54. The van der Waals surface area contributed by atoms with E-state index in [1.807, 2.05) is 6.92 Å². The number of nitrogens with zero attached hydrogens (tertiary/aromatic N) is 4. The van der Waals surface area contributed by atoms with Crippen molar-refractivity contribution in [1.29, 1.82) is 0 Å². The summed E-state index contributed by atoms with van der Waals surface area (Å²) in [5, 5.41) is 9.95. The quantitative estimate of drug-likeness (QED) is 0.920. The molecular formula is C17H21F3N4O. The van der Waals surface area contributed by atoms with Gasteiger partial charge in [-0.25, -0.2) is 4.98 Å². The average molecular weight is 354 g/mol. The lowest BCUT2D eigenvalue weighted by molar-refractivity contribution is -0.141. The Balaban J connectivity index is 1.75. The summed E-state index contributed by atoms with van der Waals surface area (Å²) in [4.78, 5) is 10.3. The van der Waals surface area contributed by atoms with Gasteiger partial charge in [0, 0.05) is 37.9 Å². The second kappa shape index (κ2) is 6.67. The summed E-state index contributed by atoms with van der Waals surface area (Å²) in [6.45, 7) is 3.74. The molecule has 1 saturated heterocycles. The molecule has 0 spiro atoms. The van der Waals surface area contributed by atoms with Gasteiger partial charge < -0.3 is 9.67 Å². The molecule has 2 aromatic heterocycles. The Bertz CT molecular complexity index is 757. The minimum absolute atomic E-state index is 0.0678. The number of likely N-dealkylation sites (tertiary alicyclic amines) is 1. The number of aromatic hydroxyl groups is 1. The first kappa shape index (κ1) is 17.7. The number of hydrogen-bond donors (Lipinski definition) is 1. The largest absolute Gasteiger partial charge is 0.506 e. The Morgan fingerprint density at radius 3 is 2.72 bits per heavy atom. The van der Waals surface area contributed by atoms with E-state index >= 15 is 0 Å². The van der Waals surface area contributed by atoms with Crippen molar-refractivity contribution < 1.29 is 18.3 Å². The summed E-state index contributed by atoms with van der Waals surface area (Å²) in [6.07, 6.45) is -1.72. The number of halogens is 3. The van der Waals surface area contributed by atoms with Crippen LogP contribution in [0.25, 0.3) is 0 Å². The Morgan fingerprint density at radius 2 is 2.04 bits per heavy atom. The minimum atomic E-state index is -4.43. The molecule has 1 fully saturated rings. The number of piperidine rings is 1. The van der Waals surface area contributed by atoms with Crippen LogP contribution in [0.5, 0.6) is 5.75 Å². The van der Waals surface area contributed by atoms with Crippen molar-refractivity contribution in [3.05, 3.63) is 41.2 Å². The third-order valence-corrected chi connectivity index (χ3v) is 4.54. The smallest absolute Gasteiger partial charge is 0.434 e. The molecule has 0 bridgehead atoms. The fraction of sp³-hybridized carbons (Fsp3) is 0.529. The Morgan fingerprint density at radius 1 is 1.28 bits per heavy atom. The molecule has 136 valence electrons. The van der Waals surface area contributed by atoms with E-state index in [0.29, 0.717) is 24.6 Å². The second-order valence-electron chi connectivity index (χ2n) is 6.59. The number of rotatable bonds is 3. The highest BCUT2D eigenvalue weighted by atomic mass is 19.4. The normalized spacial score (nSPS) is 19.3. The summed E-state index contributed by atoms with van der Waals surface area (Å²) in [7, 11) is 1.60. The van der Waals surface area contributed by atoms with Crippen LogP contribution in [0, 0.1) is 6.92 Å². The lowest BCUT2D eigenvalue weighted by Crippen LogP contribution is -2.35. The molecule has 0 saturated carbocycles. The zero-order valence-corrected chi connectivity index (χ0v) is 14.2. The van der Waals surface area contributed by atoms with Crippen molar-refractivity contribution in [2.24, 2.45) is 7.05 Å². The number of alkyl halides is 3. The number of hydrogen-bond acceptors (Lipinski definition) is 4. The van der Waals surface area contributed by atoms with Crippen LogP contribution in [-0.2, 0) is 19.8 Å². The summed E-state index contributed by atoms with van der Waals surface area (Å²) < 4.78 is 40.1. The highest BCUT2D eigenvalue weighted by Crippen LogP contribution is 2.32. The molecular weight excluding hydrogens is 333 g/mol. The van der Waals surface area contributed by atoms with Crippen LogP contribution in [-0.4, -0.2) is 37.6 Å². The summed E-state index contributed by atoms with van der Waals surface area (Å²) in [6, 6.07) is 3.36. The van der Waals surface area contributed by atoms with E-state index in [4.69, 9.17) is 0 Å². The zero-order valence-electron chi connectivity index (χ0n) is 14.2. The topological polar surface area (TPSA) is 54.2 Å². The maximum absolute atomic E-state index is 12.9. The van der Waals surface area contributed by atoms with Gasteiger partial charge >= 0.3 is 6.18 Å². The molecule has 3 heterocycles. The first-order chi connectivity index (χ1) is 11.7. The molecule has 0 aliphatic carbocycles. The number of aromatic nitrogens is 3. The maximum atomic E-state index is 12.9. The van der Waals surface area contributed by atoms with Crippen LogP contribution >= 0.6 is 0 Å². The van der Waals surface area contributed by atoms with Gasteiger partial charge in [0.1, 0.15) is 11.6 Å². The average Bonchev–Trinajstić information content (AvgIpc) is 2.93. The van der Waals surface area contributed by atoms with E-state index < -0.39 is 11.9 Å². The van der Waals surface area contributed by atoms with Gasteiger partial charge in [0.2, 0.25) is 0 Å². The molecule has 1 unspecified atom stereocenters. The summed E-state index contributed by atoms with van der Waals surface area (Å²) in [5.41, 5.74) is 0.567. The van der Waals surface area contributed by atoms with E-state index in [9.17, 15) is 18.3 Å². The number of pyridine rings is 1. The van der Waals surface area contributed by atoms with Crippen molar-refractivity contribution in [3.63, 3.8) is 0 Å². The predicted molar refractivity (Wildman–Crippen MR) is 86.1 cm³/mol. The zero-order chi connectivity index (χ0) is 18.2. The first-order valence-electron chi connectivity index (χ1n) is 8.22. The molecule has 1 N–H and O–H groups in total. The highest BCUT2D eigenvalue weighted by Gasteiger charge is 2.36. The first-order valence-corrected chi connectivity index (χ1v) is 8.22. The van der Waals surface area contributed by atoms with Crippen LogP contribution in [0.2, 0.25) is 0 Å². The van der Waals surface area contributed by atoms with Crippen molar-refractivity contribution in [1.82, 2.24) is 19.4 Å². The predicted octanol–water partition coefficient (Wildman–Crippen LogP) is 3.23. The van der Waals surface area contributed by atoms with Gasteiger partial charge in [-0.2, -0.15) is 13.2 Å². The SMILES string of the molecule is Cc1ccc(O)c(CN2CCCC(c3nc(C(F)(F)F)cn3C)C2)n1. The fourth-order valence-corrected chi connectivity index (χ4v) is 3.34. The van der Waals surface area contributed by atoms with Gasteiger partial charge in [-0.05, 0) is 38.4 Å². The molecule has 1 aliphatic heterocycles. The lowest BCUT2D eigenvalue weighted by atomic mass is 9.97. The van der Waals surface area contributed by atoms with Crippen molar-refractivity contribution in [2.45, 2.75) is 38.4 Å². The molecule has 25 heavy (non-hydrogen) atoms. The van der Waals surface area contributed by atoms with Gasteiger partial charge in [0.25, 0.3) is 0 Å². The van der Waals surface area contributed by atoms with Gasteiger partial charge in [-0.1, -0.05) is 0 Å². The number of imidazole rings is 1. The molecule has 1 atom stereocenters. The standard InChI is InChI=1S/C17H21F3N4O/c1-11-5-6-14(25)13(21-11)9-24-7-3-4-12(8-24)16-22-15(10-23(16)2)17(18,19)20/h5-6,10,12,25H,3-4,7-9H2,1-2H3. The van der Waals surface area contributed by atoms with Crippen LogP contribution in [0.3, 0.4) is 0 Å². The monoisotopic (exact) mass is 354 g/mol. The minimum Gasteiger partial charge on any atom is -0.506 e.